The van der Waals surface area contributed by atoms with Gasteiger partial charge >= 0.3 is 0 Å². The molecule has 0 saturated carbocycles. The Morgan fingerprint density at radius 2 is 1.89 bits per heavy atom. The number of benzene rings is 3. The molecule has 178 valence electrons. The van der Waals surface area contributed by atoms with Gasteiger partial charge in [0.2, 0.25) is 5.76 Å². The van der Waals surface area contributed by atoms with Crippen LogP contribution in [0, 0.1) is 13.8 Å². The van der Waals surface area contributed by atoms with E-state index in [1.54, 1.807) is 29.2 Å². The second-order valence-electron chi connectivity index (χ2n) is 8.61. The van der Waals surface area contributed by atoms with Gasteiger partial charge in [-0.25, -0.2) is 0 Å². The molecular formula is C27H21BrClNO5. The molecule has 1 amide bonds. The lowest BCUT2D eigenvalue weighted by molar-refractivity contribution is 0.0714. The van der Waals surface area contributed by atoms with Gasteiger partial charge in [-0.05, 0) is 76.3 Å². The Kier molecular flexibility index (Phi) is 5.85. The molecule has 0 radical (unpaired) electrons. The fourth-order valence-electron chi connectivity index (χ4n) is 4.74. The number of fused-ring (bicyclic) bond motifs is 2. The van der Waals surface area contributed by atoms with Gasteiger partial charge in [-0.1, -0.05) is 35.9 Å². The van der Waals surface area contributed by atoms with Crippen LogP contribution >= 0.6 is 27.5 Å². The Balaban J connectivity index is 1.80. The molecule has 35 heavy (non-hydrogen) atoms. The number of halogens is 2. The first-order chi connectivity index (χ1) is 16.7. The number of carbonyl (C=O) groups is 1. The topological polar surface area (TPSA) is 80.0 Å². The van der Waals surface area contributed by atoms with Crippen molar-refractivity contribution in [1.82, 2.24) is 4.90 Å². The van der Waals surface area contributed by atoms with Gasteiger partial charge in [0.05, 0.1) is 28.6 Å². The predicted octanol–water partition coefficient (Wildman–Crippen LogP) is 6.29. The third kappa shape index (κ3) is 3.79. The highest BCUT2D eigenvalue weighted by molar-refractivity contribution is 9.10. The molecule has 0 fully saturated rings. The van der Waals surface area contributed by atoms with Crippen molar-refractivity contribution in [2.24, 2.45) is 0 Å². The average molecular weight is 555 g/mol. The van der Waals surface area contributed by atoms with Gasteiger partial charge in [-0.15, -0.1) is 0 Å². The van der Waals surface area contributed by atoms with Crippen LogP contribution in [0.15, 0.2) is 62.2 Å². The number of hydrogen-bond donors (Lipinski definition) is 1. The highest BCUT2D eigenvalue weighted by atomic mass is 79.9. The summed E-state index contributed by atoms with van der Waals surface area (Å²) in [5, 5.41) is 11.3. The predicted molar refractivity (Wildman–Crippen MR) is 137 cm³/mol. The Morgan fingerprint density at radius 1 is 1.14 bits per heavy atom. The molecule has 1 unspecified atom stereocenters. The number of nitrogens with zero attached hydrogens (tertiary/aromatic N) is 1. The Labute approximate surface area is 214 Å². The molecule has 0 saturated heterocycles. The first-order valence-corrected chi connectivity index (χ1v) is 12.1. The molecule has 0 aliphatic carbocycles. The third-order valence-electron chi connectivity index (χ3n) is 6.30. The molecule has 1 aliphatic rings. The maximum absolute atomic E-state index is 13.9. The molecule has 1 aromatic heterocycles. The summed E-state index contributed by atoms with van der Waals surface area (Å²) >= 11 is 9.78. The molecule has 1 atom stereocenters. The third-order valence-corrected chi connectivity index (χ3v) is 7.27. The largest absolute Gasteiger partial charge is 0.503 e. The number of hydrogen-bond acceptors (Lipinski definition) is 5. The summed E-state index contributed by atoms with van der Waals surface area (Å²) in [6.45, 7) is 3.92. The van der Waals surface area contributed by atoms with Gasteiger partial charge in [0, 0.05) is 11.6 Å². The molecule has 2 heterocycles. The molecule has 1 N–H and O–H groups in total. The quantitative estimate of drug-likeness (QED) is 0.321. The van der Waals surface area contributed by atoms with E-state index in [2.05, 4.69) is 15.9 Å². The van der Waals surface area contributed by atoms with E-state index >= 15 is 0 Å². The lowest BCUT2D eigenvalue weighted by atomic mass is 9.96. The zero-order valence-electron chi connectivity index (χ0n) is 19.2. The standard InChI is InChI=1S/C27H21BrClNO5/c1-13-8-14(2)21-19(9-13)35-26-22(25(21)32)23(16-10-17(28)24(31)20(11-16)34-3)30(27(26)33)12-15-6-4-5-7-18(15)29/h4-11,23,31H,12H2,1-3H3. The Hall–Kier alpha value is -3.29. The van der Waals surface area contributed by atoms with Crippen LogP contribution in [0.25, 0.3) is 11.0 Å². The van der Waals surface area contributed by atoms with Crippen LogP contribution in [-0.4, -0.2) is 23.0 Å². The SMILES string of the molecule is COc1cc(C2c3c(oc4cc(C)cc(C)c4c3=O)C(=O)N2Cc2ccccc2Cl)cc(Br)c1O. The van der Waals surface area contributed by atoms with Crippen molar-refractivity contribution in [3.63, 3.8) is 0 Å². The van der Waals surface area contributed by atoms with Crippen LogP contribution in [0.2, 0.25) is 5.02 Å². The lowest BCUT2D eigenvalue weighted by Gasteiger charge is -2.26. The highest BCUT2D eigenvalue weighted by Crippen LogP contribution is 2.44. The minimum atomic E-state index is -0.777. The number of aromatic hydroxyl groups is 1. The van der Waals surface area contributed by atoms with Gasteiger partial charge in [0.25, 0.3) is 5.91 Å². The van der Waals surface area contributed by atoms with Gasteiger partial charge in [0.1, 0.15) is 5.58 Å². The first kappa shape index (κ1) is 23.5. The lowest BCUT2D eigenvalue weighted by Crippen LogP contribution is -2.29. The van der Waals surface area contributed by atoms with Gasteiger partial charge < -0.3 is 19.2 Å². The molecule has 3 aromatic carbocycles. The molecule has 0 bridgehead atoms. The van der Waals surface area contributed by atoms with Crippen LogP contribution in [0.5, 0.6) is 11.5 Å². The fraction of sp³-hybridized carbons (Fsp3) is 0.185. The molecule has 1 aliphatic heterocycles. The summed E-state index contributed by atoms with van der Waals surface area (Å²) in [6, 6.07) is 13.5. The van der Waals surface area contributed by atoms with Crippen LogP contribution in [-0.2, 0) is 6.54 Å². The molecule has 0 spiro atoms. The highest BCUT2D eigenvalue weighted by Gasteiger charge is 2.43. The van der Waals surface area contributed by atoms with Gasteiger partial charge in [-0.2, -0.15) is 0 Å². The van der Waals surface area contributed by atoms with Crippen molar-refractivity contribution in [3.05, 3.63) is 102 Å². The van der Waals surface area contributed by atoms with E-state index < -0.39 is 11.9 Å². The number of carbonyl (C=O) groups excluding carboxylic acids is 1. The second-order valence-corrected chi connectivity index (χ2v) is 9.87. The van der Waals surface area contributed by atoms with E-state index in [4.69, 9.17) is 20.8 Å². The van der Waals surface area contributed by atoms with Gasteiger partial charge in [0.15, 0.2) is 16.9 Å². The number of rotatable bonds is 4. The normalized spacial score (nSPS) is 15.1. The maximum atomic E-state index is 13.9. The minimum Gasteiger partial charge on any atom is -0.503 e. The molecule has 6 nitrogen and oxygen atoms in total. The van der Waals surface area contributed by atoms with Crippen molar-refractivity contribution in [2.45, 2.75) is 26.4 Å². The summed E-state index contributed by atoms with van der Waals surface area (Å²) in [4.78, 5) is 29.2. The number of amides is 1. The van der Waals surface area contributed by atoms with Crippen molar-refractivity contribution >= 4 is 44.4 Å². The summed E-state index contributed by atoms with van der Waals surface area (Å²) in [5.74, 6) is -0.265. The Morgan fingerprint density at radius 3 is 2.60 bits per heavy atom. The van der Waals surface area contributed by atoms with Gasteiger partial charge in [-0.3, -0.25) is 9.59 Å². The summed E-state index contributed by atoms with van der Waals surface area (Å²) in [7, 11) is 1.44. The number of phenolic OH excluding ortho intramolecular Hbond substituents is 1. The molecule has 4 aromatic rings. The first-order valence-electron chi connectivity index (χ1n) is 10.9. The minimum absolute atomic E-state index is 0.00715. The number of ether oxygens (including phenoxy) is 1. The van der Waals surface area contributed by atoms with E-state index in [0.717, 1.165) is 16.7 Å². The van der Waals surface area contributed by atoms with E-state index in [1.165, 1.54) is 7.11 Å². The summed E-state index contributed by atoms with van der Waals surface area (Å²) < 4.78 is 11.8. The van der Waals surface area contributed by atoms with Crippen LogP contribution in [0.1, 0.15) is 44.4 Å². The second kappa shape index (κ2) is 8.73. The van der Waals surface area contributed by atoms with E-state index in [0.29, 0.717) is 26.0 Å². The van der Waals surface area contributed by atoms with Crippen molar-refractivity contribution in [3.8, 4) is 11.5 Å². The van der Waals surface area contributed by atoms with E-state index in [-0.39, 0.29) is 34.8 Å². The van der Waals surface area contributed by atoms with Crippen molar-refractivity contribution in [2.75, 3.05) is 7.11 Å². The summed E-state index contributed by atoms with van der Waals surface area (Å²) in [6.07, 6.45) is 0. The smallest absolute Gasteiger partial charge is 0.291 e. The molecular weight excluding hydrogens is 534 g/mol. The molecule has 8 heteroatoms. The molecule has 5 rings (SSSR count). The number of phenols is 1. The van der Waals surface area contributed by atoms with E-state index in [9.17, 15) is 14.7 Å². The van der Waals surface area contributed by atoms with Crippen LogP contribution < -0.4 is 10.2 Å². The summed E-state index contributed by atoms with van der Waals surface area (Å²) in [5.41, 5.74) is 3.39. The zero-order valence-corrected chi connectivity index (χ0v) is 21.5. The average Bonchev–Trinajstić information content (AvgIpc) is 3.08. The number of methoxy groups -OCH3 is 1. The van der Waals surface area contributed by atoms with Crippen LogP contribution in [0.4, 0.5) is 0 Å². The van der Waals surface area contributed by atoms with Crippen molar-refractivity contribution in [1.29, 1.82) is 0 Å². The zero-order chi connectivity index (χ0) is 25.0. The Bertz CT molecular complexity index is 1580. The fourth-order valence-corrected chi connectivity index (χ4v) is 5.40. The van der Waals surface area contributed by atoms with E-state index in [1.807, 2.05) is 38.1 Å². The number of aryl methyl sites for hydroxylation is 2. The maximum Gasteiger partial charge on any atom is 0.291 e. The van der Waals surface area contributed by atoms with Crippen molar-refractivity contribution < 1.29 is 19.1 Å². The monoisotopic (exact) mass is 553 g/mol. The van der Waals surface area contributed by atoms with Crippen LogP contribution in [0.3, 0.4) is 0 Å².